The molecule has 4 nitrogen and oxygen atoms in total. The van der Waals surface area contributed by atoms with E-state index >= 15 is 0 Å². The summed E-state index contributed by atoms with van der Waals surface area (Å²) in [6, 6.07) is 1.23. The molecule has 1 unspecified atom stereocenters. The number of aromatic amines is 1. The van der Waals surface area contributed by atoms with Crippen molar-refractivity contribution in [3.8, 4) is 0 Å². The van der Waals surface area contributed by atoms with E-state index < -0.39 is 17.4 Å². The fraction of sp³-hybridized carbons (Fsp3) is 0.455. The Kier molecular flexibility index (Phi) is 3.06. The highest BCUT2D eigenvalue weighted by atomic mass is 19.3. The summed E-state index contributed by atoms with van der Waals surface area (Å²) >= 11 is 0. The molecule has 1 aliphatic heterocycles. The number of aromatic nitrogens is 1. The van der Waals surface area contributed by atoms with Gasteiger partial charge in [0.15, 0.2) is 6.29 Å². The molecule has 0 amide bonds. The van der Waals surface area contributed by atoms with Gasteiger partial charge in [-0.05, 0) is 11.6 Å². The van der Waals surface area contributed by atoms with E-state index in [1.54, 1.807) is 0 Å². The molecule has 2 rings (SSSR count). The van der Waals surface area contributed by atoms with Gasteiger partial charge >= 0.3 is 0 Å². The Morgan fingerprint density at radius 2 is 2.24 bits per heavy atom. The topological polar surface area (TPSA) is 62.0 Å². The lowest BCUT2D eigenvalue weighted by Gasteiger charge is -2.32. The fourth-order valence-electron chi connectivity index (χ4n) is 1.99. The van der Waals surface area contributed by atoms with Gasteiger partial charge in [0.25, 0.3) is 11.5 Å². The van der Waals surface area contributed by atoms with Crippen LogP contribution in [0.5, 0.6) is 0 Å². The summed E-state index contributed by atoms with van der Waals surface area (Å²) in [4.78, 5) is 24.1. The van der Waals surface area contributed by atoms with Gasteiger partial charge in [-0.2, -0.15) is 0 Å². The molecular weight excluding hydrogens is 230 g/mol. The highest BCUT2D eigenvalue weighted by Gasteiger charge is 2.42. The smallest absolute Gasteiger partial charge is 0.258 e. The Hall–Kier alpha value is -1.56. The van der Waals surface area contributed by atoms with E-state index in [9.17, 15) is 18.4 Å². The molecular formula is C11H12F2N2O2. The van der Waals surface area contributed by atoms with Gasteiger partial charge in [-0.3, -0.25) is 9.59 Å². The molecule has 1 fully saturated rings. The molecule has 1 aliphatic rings. The number of aldehydes is 1. The summed E-state index contributed by atoms with van der Waals surface area (Å²) in [5, 5.41) is 2.88. The van der Waals surface area contributed by atoms with Crippen LogP contribution in [-0.2, 0) is 0 Å². The van der Waals surface area contributed by atoms with Crippen molar-refractivity contribution in [2.45, 2.75) is 18.3 Å². The number of nitrogens with one attached hydrogen (secondary N) is 2. The molecule has 0 aliphatic carbocycles. The van der Waals surface area contributed by atoms with Gasteiger partial charge in [0.05, 0.1) is 11.5 Å². The Morgan fingerprint density at radius 1 is 1.47 bits per heavy atom. The lowest BCUT2D eigenvalue weighted by Crippen LogP contribution is -2.43. The first-order chi connectivity index (χ1) is 8.04. The number of hydrogen-bond acceptors (Lipinski definition) is 3. The first-order valence-corrected chi connectivity index (χ1v) is 5.31. The largest absolute Gasteiger partial charge is 0.328 e. The third-order valence-corrected chi connectivity index (χ3v) is 2.98. The van der Waals surface area contributed by atoms with Crippen LogP contribution in [0, 0.1) is 0 Å². The maximum Gasteiger partial charge on any atom is 0.258 e. The second kappa shape index (κ2) is 4.37. The predicted molar refractivity (Wildman–Crippen MR) is 57.6 cm³/mol. The SMILES string of the molecule is O=Cc1cc(C2CNCCC2(F)F)c[nH]c1=O. The standard InChI is InChI=1S/C11H12F2N2O2/c12-11(13)1-2-14-5-9(11)7-3-8(6-16)10(17)15-4-7/h3-4,6,9,14H,1-2,5H2,(H,15,17). The number of carbonyl (C=O) groups is 1. The van der Waals surface area contributed by atoms with E-state index in [1.807, 2.05) is 0 Å². The number of alkyl halides is 2. The van der Waals surface area contributed by atoms with Crippen molar-refractivity contribution in [2.75, 3.05) is 13.1 Å². The normalized spacial score (nSPS) is 23.3. The maximum absolute atomic E-state index is 13.7. The molecule has 0 aromatic carbocycles. The third kappa shape index (κ3) is 2.26. The Bertz CT molecular complexity index is 485. The first-order valence-electron chi connectivity index (χ1n) is 5.31. The zero-order valence-corrected chi connectivity index (χ0v) is 9.00. The minimum Gasteiger partial charge on any atom is -0.328 e. The van der Waals surface area contributed by atoms with Gasteiger partial charge in [0.2, 0.25) is 0 Å². The predicted octanol–water partition coefficient (Wildman–Crippen LogP) is 0.900. The van der Waals surface area contributed by atoms with Gasteiger partial charge in [0.1, 0.15) is 0 Å². The van der Waals surface area contributed by atoms with E-state index in [4.69, 9.17) is 0 Å². The molecule has 1 atom stereocenters. The summed E-state index contributed by atoms with van der Waals surface area (Å²) in [5.41, 5.74) is -0.399. The van der Waals surface area contributed by atoms with Crippen molar-refractivity contribution in [3.63, 3.8) is 0 Å². The minimum atomic E-state index is -2.82. The molecule has 1 aromatic rings. The number of halogens is 2. The highest BCUT2D eigenvalue weighted by Crippen LogP contribution is 2.37. The van der Waals surface area contributed by atoms with Crippen molar-refractivity contribution in [1.82, 2.24) is 10.3 Å². The molecule has 0 radical (unpaired) electrons. The molecule has 1 aromatic heterocycles. The Balaban J connectivity index is 2.39. The van der Waals surface area contributed by atoms with Crippen molar-refractivity contribution in [3.05, 3.63) is 33.7 Å². The molecule has 1 saturated heterocycles. The number of hydrogen-bond donors (Lipinski definition) is 2. The number of rotatable bonds is 2. The van der Waals surface area contributed by atoms with Crippen LogP contribution in [0.25, 0.3) is 0 Å². The summed E-state index contributed by atoms with van der Waals surface area (Å²) < 4.78 is 27.3. The zero-order chi connectivity index (χ0) is 12.5. The van der Waals surface area contributed by atoms with Crippen molar-refractivity contribution >= 4 is 6.29 Å². The van der Waals surface area contributed by atoms with Crippen molar-refractivity contribution in [1.29, 1.82) is 0 Å². The van der Waals surface area contributed by atoms with E-state index in [1.165, 1.54) is 12.3 Å². The van der Waals surface area contributed by atoms with Crippen molar-refractivity contribution in [2.24, 2.45) is 0 Å². The van der Waals surface area contributed by atoms with Crippen LogP contribution in [-0.4, -0.2) is 30.3 Å². The van der Waals surface area contributed by atoms with Gasteiger partial charge in [-0.25, -0.2) is 8.78 Å². The molecule has 0 bridgehead atoms. The molecule has 17 heavy (non-hydrogen) atoms. The summed E-state index contributed by atoms with van der Waals surface area (Å²) in [6.45, 7) is 0.407. The van der Waals surface area contributed by atoms with Crippen LogP contribution in [0.4, 0.5) is 8.78 Å². The summed E-state index contributed by atoms with van der Waals surface area (Å²) in [6.07, 6.45) is 1.38. The highest BCUT2D eigenvalue weighted by molar-refractivity contribution is 5.74. The van der Waals surface area contributed by atoms with Crippen LogP contribution in [0.3, 0.4) is 0 Å². The summed E-state index contributed by atoms with van der Waals surface area (Å²) in [5.74, 6) is -3.82. The number of H-pyrrole nitrogens is 1. The third-order valence-electron chi connectivity index (χ3n) is 2.98. The lowest BCUT2D eigenvalue weighted by molar-refractivity contribution is -0.0480. The van der Waals surface area contributed by atoms with Gasteiger partial charge < -0.3 is 10.3 Å². The van der Waals surface area contributed by atoms with Crippen LogP contribution in [0.1, 0.15) is 28.3 Å². The minimum absolute atomic E-state index is 0.121. The molecule has 6 heteroatoms. The first kappa shape index (κ1) is 11.9. The Labute approximate surface area is 96.0 Å². The van der Waals surface area contributed by atoms with Crippen molar-refractivity contribution < 1.29 is 13.6 Å². The van der Waals surface area contributed by atoms with Gasteiger partial charge in [0, 0.05) is 25.7 Å². The maximum atomic E-state index is 13.7. The molecule has 2 heterocycles. The van der Waals surface area contributed by atoms with E-state index in [0.717, 1.165) is 0 Å². The van der Waals surface area contributed by atoms with E-state index in [2.05, 4.69) is 10.3 Å². The van der Waals surface area contributed by atoms with Gasteiger partial charge in [-0.1, -0.05) is 0 Å². The molecule has 0 spiro atoms. The second-order valence-electron chi connectivity index (χ2n) is 4.10. The van der Waals surface area contributed by atoms with E-state index in [-0.39, 0.29) is 30.6 Å². The number of pyridine rings is 1. The second-order valence-corrected chi connectivity index (χ2v) is 4.10. The summed E-state index contributed by atoms with van der Waals surface area (Å²) in [7, 11) is 0. The Morgan fingerprint density at radius 3 is 2.88 bits per heavy atom. The van der Waals surface area contributed by atoms with Crippen LogP contribution in [0.2, 0.25) is 0 Å². The lowest BCUT2D eigenvalue weighted by atomic mass is 9.88. The number of piperidine rings is 1. The van der Waals surface area contributed by atoms with Gasteiger partial charge in [-0.15, -0.1) is 0 Å². The molecule has 0 saturated carbocycles. The number of carbonyl (C=O) groups excluding carboxylic acids is 1. The van der Waals surface area contributed by atoms with Crippen LogP contribution in [0.15, 0.2) is 17.1 Å². The van der Waals surface area contributed by atoms with E-state index in [0.29, 0.717) is 6.29 Å². The average molecular weight is 242 g/mol. The fourth-order valence-corrected chi connectivity index (χ4v) is 1.99. The van der Waals surface area contributed by atoms with Crippen LogP contribution < -0.4 is 10.9 Å². The quantitative estimate of drug-likeness (QED) is 0.757. The van der Waals surface area contributed by atoms with Crippen LogP contribution >= 0.6 is 0 Å². The molecule has 92 valence electrons. The zero-order valence-electron chi connectivity index (χ0n) is 9.00. The average Bonchev–Trinajstić information content (AvgIpc) is 2.30. The monoisotopic (exact) mass is 242 g/mol. The molecule has 2 N–H and O–H groups in total.